The monoisotopic (exact) mass is 823 g/mol. The van der Waals surface area contributed by atoms with Crippen molar-refractivity contribution in [2.24, 2.45) is 0 Å². The highest BCUT2D eigenvalue weighted by Gasteiger charge is 2.26. The molecular weight excluding hydrogens is 739 g/mol. The van der Waals surface area contributed by atoms with Crippen LogP contribution in [0.2, 0.25) is 0 Å². The van der Waals surface area contributed by atoms with Gasteiger partial charge in [-0.25, -0.2) is 4.57 Å². The van der Waals surface area contributed by atoms with Gasteiger partial charge in [0.15, 0.2) is 0 Å². The molecule has 3 N–H and O–H groups in total. The van der Waals surface area contributed by atoms with Crippen molar-refractivity contribution in [2.45, 2.75) is 187 Å². The lowest BCUT2D eigenvalue weighted by atomic mass is 10.1. The minimum atomic E-state index is -4.53. The van der Waals surface area contributed by atoms with Crippen LogP contribution in [0.3, 0.4) is 0 Å². The minimum absolute atomic E-state index is 0.0369. The normalized spacial score (nSPS) is 14.7. The number of aliphatic hydroxyl groups excluding tert-OH is 2. The second-order valence-corrected chi connectivity index (χ2v) is 16.1. The largest absolute Gasteiger partial charge is 0.472 e. The van der Waals surface area contributed by atoms with E-state index in [1.54, 1.807) is 0 Å². The van der Waals surface area contributed by atoms with Crippen LogP contribution >= 0.6 is 7.82 Å². The van der Waals surface area contributed by atoms with E-state index in [9.17, 15) is 19.4 Å². The van der Waals surface area contributed by atoms with Gasteiger partial charge in [-0.3, -0.25) is 13.8 Å². The van der Waals surface area contributed by atoms with Gasteiger partial charge in [0.1, 0.15) is 12.2 Å². The molecule has 0 fully saturated rings. The summed E-state index contributed by atoms with van der Waals surface area (Å²) in [5.41, 5.74) is 0. The molecule has 0 spiro atoms. The van der Waals surface area contributed by atoms with Gasteiger partial charge in [0.2, 0.25) is 0 Å². The minimum Gasteiger partial charge on any atom is -0.457 e. The number of carbonyl (C=O) groups excluding carboxylic acids is 1. The fourth-order valence-electron chi connectivity index (χ4n) is 5.73. The number of unbranched alkanes of at least 4 members (excludes halogenated alkanes) is 16. The Labute approximate surface area is 348 Å². The van der Waals surface area contributed by atoms with E-state index in [1.165, 1.54) is 64.2 Å². The quantitative estimate of drug-likeness (QED) is 0.0238. The molecule has 3 atom stereocenters. The van der Waals surface area contributed by atoms with Gasteiger partial charge in [-0.1, -0.05) is 157 Å². The Bertz CT molecular complexity index is 1110. The van der Waals surface area contributed by atoms with E-state index in [2.05, 4.69) is 86.8 Å². The molecule has 0 aromatic rings. The van der Waals surface area contributed by atoms with E-state index in [0.29, 0.717) is 13.0 Å². The number of rotatable bonds is 42. The second kappa shape index (κ2) is 43.5. The molecule has 9 nitrogen and oxygen atoms in total. The Hall–Kier alpha value is -2.10. The molecule has 0 amide bonds. The van der Waals surface area contributed by atoms with Crippen LogP contribution in [-0.2, 0) is 27.9 Å². The molecule has 0 aliphatic carbocycles. The average molecular weight is 823 g/mol. The zero-order valence-electron chi connectivity index (χ0n) is 36.0. The summed E-state index contributed by atoms with van der Waals surface area (Å²) in [5.74, 6) is -0.399. The van der Waals surface area contributed by atoms with Crippen LogP contribution in [0.15, 0.2) is 72.9 Å². The number of phosphoric ester groups is 1. The molecule has 0 aromatic carbocycles. The average Bonchev–Trinajstić information content (AvgIpc) is 3.20. The van der Waals surface area contributed by atoms with Crippen molar-refractivity contribution in [3.63, 3.8) is 0 Å². The third-order valence-corrected chi connectivity index (χ3v) is 10.1. The maximum absolute atomic E-state index is 12.6. The van der Waals surface area contributed by atoms with Crippen LogP contribution in [-0.4, -0.2) is 66.3 Å². The molecule has 3 unspecified atom stereocenters. The topological polar surface area (TPSA) is 132 Å². The summed E-state index contributed by atoms with van der Waals surface area (Å²) in [7, 11) is -4.53. The van der Waals surface area contributed by atoms with E-state index >= 15 is 0 Å². The van der Waals surface area contributed by atoms with Crippen molar-refractivity contribution in [1.82, 2.24) is 0 Å². The molecular formula is C47H83O9P. The number of allylic oxidation sites excluding steroid dienone is 12. The predicted molar refractivity (Wildman–Crippen MR) is 237 cm³/mol. The lowest BCUT2D eigenvalue weighted by Gasteiger charge is -2.20. The summed E-state index contributed by atoms with van der Waals surface area (Å²) in [6.45, 7) is 3.34. The second-order valence-electron chi connectivity index (χ2n) is 14.7. The van der Waals surface area contributed by atoms with E-state index < -0.39 is 39.2 Å². The summed E-state index contributed by atoms with van der Waals surface area (Å²) in [4.78, 5) is 22.6. The number of hydrogen-bond donors (Lipinski definition) is 3. The van der Waals surface area contributed by atoms with Gasteiger partial charge in [-0.2, -0.15) is 0 Å². The first-order valence-corrected chi connectivity index (χ1v) is 23.9. The number of hydrogen-bond acceptors (Lipinski definition) is 8. The molecule has 0 heterocycles. The standard InChI is InChI=1S/C47H83O9P/c1-3-5-7-9-11-13-15-17-18-19-20-21-22-23-24-25-26-27-29-31-33-35-37-39-47(50)56-46(44-55-57(51,52)54-42-45(49)41-48)43-53-40-38-36-34-32-30-28-16-14-12-10-8-6-4-2/h5,7,11-14,17-18,20-21,23-24,45-46,48-49H,3-4,6,8-10,15-16,19,22,25-44H2,1-2H3,(H,51,52)/b7-5-,13-11-,14-12-,18-17-,21-20-,24-23-. The number of esters is 1. The Kier molecular flexibility index (Phi) is 41.9. The SMILES string of the molecule is CC/C=C\C/C=C\C/C=C\C/C=C\C/C=C\CCCCCCCCCC(=O)OC(COCCCCCCCC/C=C\CCCCC)COP(=O)(O)OCC(O)CO. The molecule has 0 saturated heterocycles. The number of carbonyl (C=O) groups is 1. The lowest BCUT2D eigenvalue weighted by Crippen LogP contribution is -2.29. The van der Waals surface area contributed by atoms with Gasteiger partial charge in [0.25, 0.3) is 0 Å². The molecule has 57 heavy (non-hydrogen) atoms. The van der Waals surface area contributed by atoms with E-state index in [0.717, 1.165) is 83.5 Å². The van der Waals surface area contributed by atoms with E-state index in [-0.39, 0.29) is 19.6 Å². The first kappa shape index (κ1) is 54.9. The van der Waals surface area contributed by atoms with Crippen LogP contribution in [0.1, 0.15) is 174 Å². The molecule has 0 saturated carbocycles. The van der Waals surface area contributed by atoms with Crippen molar-refractivity contribution in [3.8, 4) is 0 Å². The molecule has 0 aliphatic rings. The number of ether oxygens (including phenoxy) is 2. The first-order valence-electron chi connectivity index (χ1n) is 22.4. The van der Waals surface area contributed by atoms with Crippen LogP contribution in [0.4, 0.5) is 0 Å². The van der Waals surface area contributed by atoms with E-state index in [4.69, 9.17) is 23.6 Å². The first-order chi connectivity index (χ1) is 27.8. The highest BCUT2D eigenvalue weighted by molar-refractivity contribution is 7.47. The van der Waals surface area contributed by atoms with Gasteiger partial charge in [-0.05, 0) is 83.5 Å². The van der Waals surface area contributed by atoms with Crippen LogP contribution < -0.4 is 0 Å². The Morgan fingerprint density at radius 1 is 0.561 bits per heavy atom. The Morgan fingerprint density at radius 2 is 1.00 bits per heavy atom. The van der Waals surface area contributed by atoms with Crippen molar-refractivity contribution < 1.29 is 43.0 Å². The third kappa shape index (κ3) is 43.3. The fraction of sp³-hybridized carbons (Fsp3) is 0.723. The summed E-state index contributed by atoms with van der Waals surface area (Å²) in [6, 6.07) is 0. The lowest BCUT2D eigenvalue weighted by molar-refractivity contribution is -0.154. The molecule has 0 bridgehead atoms. The molecule has 0 radical (unpaired) electrons. The highest BCUT2D eigenvalue weighted by atomic mass is 31.2. The Morgan fingerprint density at radius 3 is 1.53 bits per heavy atom. The van der Waals surface area contributed by atoms with Gasteiger partial charge in [0, 0.05) is 13.0 Å². The van der Waals surface area contributed by atoms with Crippen molar-refractivity contribution in [1.29, 1.82) is 0 Å². The smallest absolute Gasteiger partial charge is 0.457 e. The predicted octanol–water partition coefficient (Wildman–Crippen LogP) is 12.5. The van der Waals surface area contributed by atoms with Crippen LogP contribution in [0.25, 0.3) is 0 Å². The Balaban J connectivity index is 4.17. The molecule has 0 aromatic heterocycles. The summed E-state index contributed by atoms with van der Waals surface area (Å²) in [6.07, 6.45) is 51.4. The van der Waals surface area contributed by atoms with Crippen LogP contribution in [0, 0.1) is 0 Å². The fourth-order valence-corrected chi connectivity index (χ4v) is 6.52. The zero-order chi connectivity index (χ0) is 41.8. The zero-order valence-corrected chi connectivity index (χ0v) is 36.9. The van der Waals surface area contributed by atoms with Crippen molar-refractivity contribution in [2.75, 3.05) is 33.0 Å². The molecule has 330 valence electrons. The summed E-state index contributed by atoms with van der Waals surface area (Å²) < 4.78 is 33.4. The van der Waals surface area contributed by atoms with Crippen molar-refractivity contribution in [3.05, 3.63) is 72.9 Å². The van der Waals surface area contributed by atoms with Gasteiger partial charge in [0.05, 0.1) is 26.4 Å². The van der Waals surface area contributed by atoms with Crippen LogP contribution in [0.5, 0.6) is 0 Å². The molecule has 10 heteroatoms. The van der Waals surface area contributed by atoms with Gasteiger partial charge < -0.3 is 24.6 Å². The molecule has 0 rings (SSSR count). The summed E-state index contributed by atoms with van der Waals surface area (Å²) >= 11 is 0. The third-order valence-electron chi connectivity index (χ3n) is 9.13. The molecule has 0 aliphatic heterocycles. The maximum atomic E-state index is 12.6. The maximum Gasteiger partial charge on any atom is 0.472 e. The summed E-state index contributed by atoms with van der Waals surface area (Å²) in [5, 5.41) is 18.4. The number of aliphatic hydroxyl groups is 2. The van der Waals surface area contributed by atoms with Gasteiger partial charge >= 0.3 is 13.8 Å². The number of phosphoric acid groups is 1. The van der Waals surface area contributed by atoms with Gasteiger partial charge in [-0.15, -0.1) is 0 Å². The van der Waals surface area contributed by atoms with E-state index in [1.807, 2.05) is 0 Å². The van der Waals surface area contributed by atoms with Crippen molar-refractivity contribution >= 4 is 13.8 Å². The highest BCUT2D eigenvalue weighted by Crippen LogP contribution is 2.43.